The quantitative estimate of drug-likeness (QED) is 0.708. The Hall–Kier alpha value is -2.55. The van der Waals surface area contributed by atoms with E-state index in [-0.39, 0.29) is 21.7 Å². The zero-order valence-electron chi connectivity index (χ0n) is 18.2. The largest absolute Gasteiger partial charge is 0.378 e. The molecule has 0 saturated heterocycles. The van der Waals surface area contributed by atoms with Crippen molar-refractivity contribution in [2.45, 2.75) is 23.3 Å². The van der Waals surface area contributed by atoms with Crippen LogP contribution in [0.15, 0.2) is 71.3 Å². The van der Waals surface area contributed by atoms with E-state index in [1.807, 2.05) is 30.3 Å². The predicted molar refractivity (Wildman–Crippen MR) is 120 cm³/mol. The van der Waals surface area contributed by atoms with Crippen LogP contribution in [0.25, 0.3) is 16.7 Å². The molecule has 2 aromatic rings. The van der Waals surface area contributed by atoms with Crippen molar-refractivity contribution in [1.82, 2.24) is 9.80 Å². The van der Waals surface area contributed by atoms with Gasteiger partial charge in [0.2, 0.25) is 15.8 Å². The second kappa shape index (κ2) is 7.85. The Labute approximate surface area is 182 Å². The Morgan fingerprint density at radius 1 is 0.935 bits per heavy atom. The molecule has 2 unspecified atom stereocenters. The number of hydrogen-bond donors (Lipinski definition) is 1. The Morgan fingerprint density at radius 3 is 2.06 bits per heavy atom. The lowest BCUT2D eigenvalue weighted by Gasteiger charge is -2.45. The summed E-state index contributed by atoms with van der Waals surface area (Å²) in [7, 11) is 1.96. The zero-order chi connectivity index (χ0) is 23.2. The van der Waals surface area contributed by atoms with E-state index in [1.54, 1.807) is 26.2 Å². The van der Waals surface area contributed by atoms with E-state index in [0.717, 1.165) is 16.5 Å². The molecule has 0 amide bonds. The van der Waals surface area contributed by atoms with E-state index < -0.39 is 21.5 Å². The van der Waals surface area contributed by atoms with Gasteiger partial charge in [0.05, 0.1) is 10.6 Å². The van der Waals surface area contributed by atoms with Gasteiger partial charge in [0.25, 0.3) is 0 Å². The maximum Gasteiger partial charge on any atom is 0.238 e. The number of allylic oxidation sites excluding steroid dienone is 2. The van der Waals surface area contributed by atoms with Crippen molar-refractivity contribution >= 4 is 15.6 Å². The normalized spacial score (nSPS) is 24.0. The van der Waals surface area contributed by atoms with Crippen molar-refractivity contribution in [2.75, 3.05) is 28.2 Å². The summed E-state index contributed by atoms with van der Waals surface area (Å²) in [4.78, 5) is 2.48. The van der Waals surface area contributed by atoms with Crippen molar-refractivity contribution in [3.8, 4) is 11.1 Å². The molecular weight excluding hydrogens is 420 g/mol. The first-order chi connectivity index (χ1) is 14.3. The standard InChI is InChI=1S/C23H27F2N3O2S/c1-22(24)20(27(2)3)14-17(15-23(22,25)28(4)5)21-18(16-10-7-6-8-11-16)12-9-13-19(21)31(26,29)30/h6-15H,1-5H3,(H2,26,29,30). The summed E-state index contributed by atoms with van der Waals surface area (Å²) in [6, 6.07) is 13.8. The topological polar surface area (TPSA) is 66.6 Å². The number of sulfonamides is 1. The second-order valence-electron chi connectivity index (χ2n) is 8.18. The summed E-state index contributed by atoms with van der Waals surface area (Å²) < 4.78 is 56.9. The van der Waals surface area contributed by atoms with Gasteiger partial charge in [0.1, 0.15) is 0 Å². The fraction of sp³-hybridized carbons (Fsp3) is 0.304. The summed E-state index contributed by atoms with van der Waals surface area (Å²) in [5, 5.41) is 5.52. The van der Waals surface area contributed by atoms with Crippen LogP contribution in [0.3, 0.4) is 0 Å². The summed E-state index contributed by atoms with van der Waals surface area (Å²) in [6.07, 6.45) is 2.62. The molecule has 1 aliphatic carbocycles. The molecule has 2 atom stereocenters. The number of rotatable bonds is 5. The fourth-order valence-electron chi connectivity index (χ4n) is 4.01. The highest BCUT2D eigenvalue weighted by Gasteiger charge is 2.56. The zero-order valence-corrected chi connectivity index (χ0v) is 19.0. The van der Waals surface area contributed by atoms with Crippen LogP contribution in [0.2, 0.25) is 0 Å². The van der Waals surface area contributed by atoms with Gasteiger partial charge < -0.3 is 4.90 Å². The summed E-state index contributed by atoms with van der Waals surface area (Å²) in [6.45, 7) is 1.18. The van der Waals surface area contributed by atoms with Gasteiger partial charge in [-0.3, -0.25) is 4.90 Å². The van der Waals surface area contributed by atoms with Gasteiger partial charge in [-0.05, 0) is 55.9 Å². The van der Waals surface area contributed by atoms with Crippen LogP contribution in [0.5, 0.6) is 0 Å². The Morgan fingerprint density at radius 2 is 1.55 bits per heavy atom. The van der Waals surface area contributed by atoms with Crippen molar-refractivity contribution in [2.24, 2.45) is 5.14 Å². The van der Waals surface area contributed by atoms with Gasteiger partial charge in [-0.1, -0.05) is 42.5 Å². The Bertz CT molecular complexity index is 1160. The molecule has 2 N–H and O–H groups in total. The SMILES string of the molecule is CN(C)C1=CC(c2c(-c3ccccc3)cccc2S(N)(=O)=O)=CC(F)(N(C)C)C1(C)F. The Balaban J connectivity index is 2.44. The summed E-state index contributed by atoms with van der Waals surface area (Å²) >= 11 is 0. The molecule has 0 fully saturated rings. The van der Waals surface area contributed by atoms with Crippen LogP contribution in [-0.4, -0.2) is 57.9 Å². The molecule has 3 rings (SSSR count). The van der Waals surface area contributed by atoms with Crippen molar-refractivity contribution in [3.63, 3.8) is 0 Å². The van der Waals surface area contributed by atoms with E-state index in [9.17, 15) is 8.42 Å². The molecule has 0 aromatic heterocycles. The average molecular weight is 448 g/mol. The first-order valence-electron chi connectivity index (χ1n) is 9.70. The number of primary sulfonamides is 1. The molecule has 0 radical (unpaired) electrons. The summed E-state index contributed by atoms with van der Waals surface area (Å²) in [5.74, 6) is -2.53. The predicted octanol–water partition coefficient (Wildman–Crippen LogP) is 3.80. The molecule has 0 spiro atoms. The molecule has 166 valence electrons. The fourth-order valence-corrected chi connectivity index (χ4v) is 4.79. The minimum absolute atomic E-state index is 0.0736. The number of halogens is 2. The highest BCUT2D eigenvalue weighted by molar-refractivity contribution is 7.89. The lowest BCUT2D eigenvalue weighted by molar-refractivity contribution is -0.0750. The molecule has 0 heterocycles. The van der Waals surface area contributed by atoms with E-state index in [1.165, 1.54) is 38.1 Å². The highest BCUT2D eigenvalue weighted by Crippen LogP contribution is 2.48. The Kier molecular flexibility index (Phi) is 5.86. The minimum Gasteiger partial charge on any atom is -0.378 e. The highest BCUT2D eigenvalue weighted by atomic mass is 32.2. The smallest absolute Gasteiger partial charge is 0.238 e. The lowest BCUT2D eigenvalue weighted by atomic mass is 9.80. The van der Waals surface area contributed by atoms with Crippen molar-refractivity contribution in [3.05, 3.63) is 71.9 Å². The monoisotopic (exact) mass is 447 g/mol. The van der Waals surface area contributed by atoms with Gasteiger partial charge in [-0.2, -0.15) is 0 Å². The van der Waals surface area contributed by atoms with E-state index >= 15 is 8.78 Å². The molecule has 31 heavy (non-hydrogen) atoms. The van der Waals surface area contributed by atoms with E-state index in [4.69, 9.17) is 5.14 Å². The van der Waals surface area contributed by atoms with Crippen LogP contribution in [0, 0.1) is 0 Å². The molecular formula is C23H27F2N3O2S. The molecule has 2 aromatic carbocycles. The van der Waals surface area contributed by atoms with Gasteiger partial charge in [-0.25, -0.2) is 22.3 Å². The van der Waals surface area contributed by atoms with Gasteiger partial charge in [-0.15, -0.1) is 0 Å². The lowest BCUT2D eigenvalue weighted by Crippen LogP contribution is -2.58. The number of nitrogens with zero attached hydrogens (tertiary/aromatic N) is 2. The molecule has 0 aliphatic heterocycles. The average Bonchev–Trinajstić information content (AvgIpc) is 2.69. The number of alkyl halides is 2. The van der Waals surface area contributed by atoms with Crippen molar-refractivity contribution in [1.29, 1.82) is 0 Å². The van der Waals surface area contributed by atoms with Crippen LogP contribution in [0.1, 0.15) is 12.5 Å². The molecule has 8 heteroatoms. The number of likely N-dealkylation sites (N-methyl/N-ethyl adjacent to an activating group) is 1. The van der Waals surface area contributed by atoms with Gasteiger partial charge >= 0.3 is 0 Å². The molecule has 1 aliphatic rings. The van der Waals surface area contributed by atoms with Crippen LogP contribution in [-0.2, 0) is 10.0 Å². The van der Waals surface area contributed by atoms with Crippen molar-refractivity contribution < 1.29 is 17.2 Å². The first kappa shape index (κ1) is 23.1. The van der Waals surface area contributed by atoms with E-state index in [0.29, 0.717) is 5.56 Å². The molecule has 0 bridgehead atoms. The first-order valence-corrected chi connectivity index (χ1v) is 11.2. The maximum atomic E-state index is 16.2. The van der Waals surface area contributed by atoms with Crippen LogP contribution >= 0.6 is 0 Å². The van der Waals surface area contributed by atoms with E-state index in [2.05, 4.69) is 0 Å². The number of hydrogen-bond acceptors (Lipinski definition) is 4. The third-order valence-corrected chi connectivity index (χ3v) is 6.57. The minimum atomic E-state index is -4.15. The second-order valence-corrected chi connectivity index (χ2v) is 9.71. The third-order valence-electron chi connectivity index (χ3n) is 5.62. The molecule has 5 nitrogen and oxygen atoms in total. The van der Waals surface area contributed by atoms with Gasteiger partial charge in [0, 0.05) is 19.7 Å². The van der Waals surface area contributed by atoms with Crippen LogP contribution < -0.4 is 5.14 Å². The summed E-state index contributed by atoms with van der Waals surface area (Å²) in [5.41, 5.74) is -0.562. The third kappa shape index (κ3) is 3.91. The number of nitrogens with two attached hydrogens (primary N) is 1. The molecule has 0 saturated carbocycles. The number of benzene rings is 2. The van der Waals surface area contributed by atoms with Crippen LogP contribution in [0.4, 0.5) is 8.78 Å². The maximum absolute atomic E-state index is 16.2. The van der Waals surface area contributed by atoms with Gasteiger partial charge in [0.15, 0.2) is 5.67 Å².